The van der Waals surface area contributed by atoms with E-state index in [-0.39, 0.29) is 13.0 Å². The monoisotopic (exact) mass is 378 g/mol. The molecule has 0 aliphatic heterocycles. The SMILES string of the molecule is C#Cc1cccc(Nc2ncnc3cc(OC)c(OCCC(=O)NO)cc23)c1. The molecular weight excluding hydrogens is 360 g/mol. The van der Waals surface area contributed by atoms with E-state index >= 15 is 0 Å². The lowest BCUT2D eigenvalue weighted by Crippen LogP contribution is -2.20. The maximum atomic E-state index is 11.2. The quantitative estimate of drug-likeness (QED) is 0.330. The lowest BCUT2D eigenvalue weighted by Gasteiger charge is -2.14. The van der Waals surface area contributed by atoms with Crippen LogP contribution in [0.2, 0.25) is 0 Å². The number of benzene rings is 2. The standard InChI is InChI=1S/C20H18N4O4/c1-3-13-5-4-6-14(9-13)23-20-15-10-18(28-8-7-19(25)24-26)17(27-2)11-16(15)21-12-22-20/h1,4-6,9-12,26H,7-8H2,2H3,(H,24,25)(H,21,22,23). The molecule has 0 unspecified atom stereocenters. The van der Waals surface area contributed by atoms with Crippen molar-refractivity contribution < 1.29 is 19.5 Å². The van der Waals surface area contributed by atoms with Crippen molar-refractivity contribution in [1.29, 1.82) is 0 Å². The largest absolute Gasteiger partial charge is 0.493 e. The summed E-state index contributed by atoms with van der Waals surface area (Å²) in [5.41, 5.74) is 3.75. The van der Waals surface area contributed by atoms with Gasteiger partial charge in [0.15, 0.2) is 11.5 Å². The molecule has 3 rings (SSSR count). The van der Waals surface area contributed by atoms with Crippen LogP contribution in [-0.2, 0) is 4.79 Å². The topological polar surface area (TPSA) is 106 Å². The number of methoxy groups -OCH3 is 1. The maximum Gasteiger partial charge on any atom is 0.246 e. The Morgan fingerprint density at radius 1 is 1.25 bits per heavy atom. The highest BCUT2D eigenvalue weighted by Gasteiger charge is 2.12. The Hall–Kier alpha value is -3.83. The second-order valence-electron chi connectivity index (χ2n) is 5.73. The van der Waals surface area contributed by atoms with Crippen LogP contribution in [0.4, 0.5) is 11.5 Å². The number of amides is 1. The van der Waals surface area contributed by atoms with E-state index in [1.54, 1.807) is 17.6 Å². The van der Waals surface area contributed by atoms with Gasteiger partial charge >= 0.3 is 0 Å². The smallest absolute Gasteiger partial charge is 0.246 e. The summed E-state index contributed by atoms with van der Waals surface area (Å²) in [4.78, 5) is 19.7. The fraction of sp³-hybridized carbons (Fsp3) is 0.150. The van der Waals surface area contributed by atoms with Crippen molar-refractivity contribution >= 4 is 28.3 Å². The van der Waals surface area contributed by atoms with Crippen LogP contribution in [-0.4, -0.2) is 34.8 Å². The Morgan fingerprint density at radius 2 is 2.11 bits per heavy atom. The summed E-state index contributed by atoms with van der Waals surface area (Å²) in [6.07, 6.45) is 6.89. The number of carbonyl (C=O) groups excluding carboxylic acids is 1. The first kappa shape index (κ1) is 18.9. The lowest BCUT2D eigenvalue weighted by molar-refractivity contribution is -0.129. The van der Waals surface area contributed by atoms with Crippen molar-refractivity contribution in [2.24, 2.45) is 0 Å². The minimum atomic E-state index is -0.543. The minimum Gasteiger partial charge on any atom is -0.493 e. The van der Waals surface area contributed by atoms with E-state index in [1.807, 2.05) is 24.3 Å². The molecule has 0 fully saturated rings. The normalized spacial score (nSPS) is 10.2. The van der Waals surface area contributed by atoms with Crippen molar-refractivity contribution in [1.82, 2.24) is 15.4 Å². The van der Waals surface area contributed by atoms with Crippen LogP contribution in [0.3, 0.4) is 0 Å². The molecule has 8 nitrogen and oxygen atoms in total. The molecule has 1 aromatic heterocycles. The van der Waals surface area contributed by atoms with Gasteiger partial charge in [-0.05, 0) is 24.3 Å². The van der Waals surface area contributed by atoms with Crippen LogP contribution >= 0.6 is 0 Å². The second-order valence-corrected chi connectivity index (χ2v) is 5.73. The average molecular weight is 378 g/mol. The zero-order chi connectivity index (χ0) is 19.9. The number of hydrogen-bond donors (Lipinski definition) is 3. The van der Waals surface area contributed by atoms with Crippen molar-refractivity contribution in [3.8, 4) is 23.8 Å². The Kier molecular flexibility index (Phi) is 5.89. The van der Waals surface area contributed by atoms with E-state index in [1.165, 1.54) is 13.4 Å². The third-order valence-electron chi connectivity index (χ3n) is 3.92. The van der Waals surface area contributed by atoms with Gasteiger partial charge in [0.05, 0.1) is 25.7 Å². The fourth-order valence-corrected chi connectivity index (χ4v) is 2.57. The Labute approximate surface area is 161 Å². The first-order valence-electron chi connectivity index (χ1n) is 8.36. The Balaban J connectivity index is 1.94. The van der Waals surface area contributed by atoms with Crippen LogP contribution in [0, 0.1) is 12.3 Å². The van der Waals surface area contributed by atoms with E-state index < -0.39 is 5.91 Å². The van der Waals surface area contributed by atoms with E-state index in [0.717, 1.165) is 11.3 Å². The predicted octanol–water partition coefficient (Wildman–Crippen LogP) is 2.64. The van der Waals surface area contributed by atoms with Crippen LogP contribution in [0.25, 0.3) is 10.9 Å². The summed E-state index contributed by atoms with van der Waals surface area (Å²) in [5.74, 6) is 3.51. The van der Waals surface area contributed by atoms with E-state index in [0.29, 0.717) is 28.2 Å². The van der Waals surface area contributed by atoms with Crippen molar-refractivity contribution in [3.05, 3.63) is 48.3 Å². The molecule has 2 aromatic carbocycles. The molecule has 0 saturated heterocycles. The molecule has 1 amide bonds. The number of carbonyl (C=O) groups is 1. The molecule has 8 heteroatoms. The van der Waals surface area contributed by atoms with E-state index in [2.05, 4.69) is 21.2 Å². The maximum absolute atomic E-state index is 11.2. The van der Waals surface area contributed by atoms with Crippen LogP contribution in [0.15, 0.2) is 42.7 Å². The summed E-state index contributed by atoms with van der Waals surface area (Å²) in [5, 5.41) is 12.5. The molecule has 0 spiro atoms. The number of anilines is 2. The van der Waals surface area contributed by atoms with Gasteiger partial charge in [-0.2, -0.15) is 0 Å². The van der Waals surface area contributed by atoms with Crippen LogP contribution < -0.4 is 20.3 Å². The van der Waals surface area contributed by atoms with Gasteiger partial charge in [0, 0.05) is 22.7 Å². The molecule has 0 saturated carbocycles. The number of aromatic nitrogens is 2. The first-order valence-corrected chi connectivity index (χ1v) is 8.36. The van der Waals surface area contributed by atoms with Gasteiger partial charge in [-0.15, -0.1) is 6.42 Å². The van der Waals surface area contributed by atoms with Gasteiger partial charge in [-0.25, -0.2) is 15.4 Å². The highest BCUT2D eigenvalue weighted by atomic mass is 16.5. The fourth-order valence-electron chi connectivity index (χ4n) is 2.57. The number of nitrogens with one attached hydrogen (secondary N) is 2. The summed E-state index contributed by atoms with van der Waals surface area (Å²) >= 11 is 0. The van der Waals surface area contributed by atoms with Crippen LogP contribution in [0.1, 0.15) is 12.0 Å². The summed E-state index contributed by atoms with van der Waals surface area (Å²) in [7, 11) is 1.51. The molecule has 1 heterocycles. The van der Waals surface area contributed by atoms with Gasteiger partial charge in [0.1, 0.15) is 12.1 Å². The van der Waals surface area contributed by atoms with Gasteiger partial charge < -0.3 is 14.8 Å². The summed E-state index contributed by atoms with van der Waals surface area (Å²) in [6.45, 7) is 0.0644. The van der Waals surface area contributed by atoms with Crippen molar-refractivity contribution in [2.75, 3.05) is 19.0 Å². The lowest BCUT2D eigenvalue weighted by atomic mass is 10.2. The third-order valence-corrected chi connectivity index (χ3v) is 3.92. The highest BCUT2D eigenvalue weighted by Crippen LogP contribution is 2.34. The molecule has 3 N–H and O–H groups in total. The van der Waals surface area contributed by atoms with Crippen molar-refractivity contribution in [2.45, 2.75) is 6.42 Å². The number of hydrogen-bond acceptors (Lipinski definition) is 7. The highest BCUT2D eigenvalue weighted by molar-refractivity contribution is 5.93. The number of nitrogens with zero attached hydrogens (tertiary/aromatic N) is 2. The van der Waals surface area contributed by atoms with Gasteiger partial charge in [-0.3, -0.25) is 10.0 Å². The number of ether oxygens (including phenoxy) is 2. The molecule has 3 aromatic rings. The number of rotatable bonds is 7. The zero-order valence-electron chi connectivity index (χ0n) is 15.1. The zero-order valence-corrected chi connectivity index (χ0v) is 15.1. The molecule has 0 bridgehead atoms. The van der Waals surface area contributed by atoms with Gasteiger partial charge in [-0.1, -0.05) is 12.0 Å². The average Bonchev–Trinajstić information content (AvgIpc) is 2.73. The second kappa shape index (κ2) is 8.70. The van der Waals surface area contributed by atoms with E-state index in [9.17, 15) is 4.79 Å². The molecule has 0 atom stereocenters. The number of fused-ring (bicyclic) bond motifs is 1. The predicted molar refractivity (Wildman–Crippen MR) is 104 cm³/mol. The Morgan fingerprint density at radius 3 is 2.86 bits per heavy atom. The van der Waals surface area contributed by atoms with E-state index in [4.69, 9.17) is 21.1 Å². The van der Waals surface area contributed by atoms with Gasteiger partial charge in [0.2, 0.25) is 5.91 Å². The number of hydroxylamine groups is 1. The molecule has 0 aliphatic carbocycles. The third kappa shape index (κ3) is 4.28. The molecule has 0 radical (unpaired) electrons. The summed E-state index contributed by atoms with van der Waals surface area (Å²) in [6, 6.07) is 10.9. The number of terminal acetylenes is 1. The molecule has 0 aliphatic rings. The minimum absolute atomic E-state index is 0.00697. The molecule has 142 valence electrons. The van der Waals surface area contributed by atoms with Gasteiger partial charge in [0.25, 0.3) is 0 Å². The molecular formula is C20H18N4O4. The molecule has 28 heavy (non-hydrogen) atoms. The van der Waals surface area contributed by atoms with Crippen LogP contribution in [0.5, 0.6) is 11.5 Å². The van der Waals surface area contributed by atoms with Crippen molar-refractivity contribution in [3.63, 3.8) is 0 Å². The summed E-state index contributed by atoms with van der Waals surface area (Å²) < 4.78 is 11.0. The first-order chi connectivity index (χ1) is 13.6. The Bertz CT molecular complexity index is 1050.